The Kier molecular flexibility index (Phi) is 9.51. The third-order valence-electron chi connectivity index (χ3n) is 5.54. The molecule has 1 amide bonds. The summed E-state index contributed by atoms with van der Waals surface area (Å²) in [5.74, 6) is -0.865. The molecular formula is C24H35NO4SSi. The number of carbonyl (C=O) groups is 3. The van der Waals surface area contributed by atoms with Crippen LogP contribution in [-0.2, 0) is 14.4 Å². The second kappa shape index (κ2) is 11.0. The number of amides is 1. The lowest BCUT2D eigenvalue weighted by molar-refractivity contribution is -0.127. The number of ketones is 1. The van der Waals surface area contributed by atoms with Gasteiger partial charge in [-0.2, -0.15) is 0 Å². The smallest absolute Gasteiger partial charge is 0.250 e. The highest BCUT2D eigenvalue weighted by atomic mass is 32.1. The fraction of sp³-hybridized carbons (Fsp3) is 0.458. The fourth-order valence-electron chi connectivity index (χ4n) is 2.72. The fourth-order valence-corrected chi connectivity index (χ4v) is 4.08. The van der Waals surface area contributed by atoms with E-state index < -0.39 is 25.4 Å². The Morgan fingerprint density at radius 1 is 1.16 bits per heavy atom. The number of Topliss-reactive ketones (excluding diaryl/α,β-unsaturated/α-hetero) is 1. The van der Waals surface area contributed by atoms with Gasteiger partial charge in [0.15, 0.2) is 10.9 Å². The van der Waals surface area contributed by atoms with E-state index in [2.05, 4.69) is 51.8 Å². The lowest BCUT2D eigenvalue weighted by Gasteiger charge is -2.36. The van der Waals surface area contributed by atoms with E-state index in [1.165, 1.54) is 6.92 Å². The van der Waals surface area contributed by atoms with Crippen LogP contribution in [0.1, 0.15) is 47.1 Å². The molecule has 0 heterocycles. The van der Waals surface area contributed by atoms with Gasteiger partial charge in [-0.1, -0.05) is 51.1 Å². The SMILES string of the molecule is CC(=O)NC(C)[C@H](C(=O)S)C(=O)/C(C)=C/C=C/c1cccc(O[Si](C)(C)C(C)(C)C)c1. The molecule has 0 aromatic heterocycles. The molecule has 0 saturated carbocycles. The molecule has 0 aliphatic heterocycles. The molecule has 1 rings (SSSR count). The predicted molar refractivity (Wildman–Crippen MR) is 133 cm³/mol. The lowest BCUT2D eigenvalue weighted by Crippen LogP contribution is -2.43. The summed E-state index contributed by atoms with van der Waals surface area (Å²) in [6.45, 7) is 15.6. The number of nitrogens with one attached hydrogen (secondary N) is 1. The summed E-state index contributed by atoms with van der Waals surface area (Å²) in [7, 11) is -1.93. The molecule has 0 radical (unpaired) electrons. The van der Waals surface area contributed by atoms with Crippen LogP contribution in [0.25, 0.3) is 6.08 Å². The van der Waals surface area contributed by atoms with Crippen molar-refractivity contribution in [3.05, 3.63) is 47.6 Å². The van der Waals surface area contributed by atoms with Crippen LogP contribution in [0.4, 0.5) is 0 Å². The summed E-state index contributed by atoms with van der Waals surface area (Å²) < 4.78 is 6.34. The molecule has 170 valence electrons. The highest BCUT2D eigenvalue weighted by Gasteiger charge is 2.39. The third kappa shape index (κ3) is 8.14. The summed E-state index contributed by atoms with van der Waals surface area (Å²) >= 11 is 3.84. The van der Waals surface area contributed by atoms with Gasteiger partial charge >= 0.3 is 0 Å². The summed E-state index contributed by atoms with van der Waals surface area (Å²) in [4.78, 5) is 35.9. The maximum atomic E-state index is 12.7. The van der Waals surface area contributed by atoms with Gasteiger partial charge in [-0.15, -0.1) is 12.6 Å². The summed E-state index contributed by atoms with van der Waals surface area (Å²) in [5.41, 5.74) is 1.36. The lowest BCUT2D eigenvalue weighted by atomic mass is 9.92. The largest absolute Gasteiger partial charge is 0.543 e. The Morgan fingerprint density at radius 3 is 2.29 bits per heavy atom. The Bertz CT molecular complexity index is 884. The van der Waals surface area contributed by atoms with E-state index in [1.807, 2.05) is 30.3 Å². The van der Waals surface area contributed by atoms with Crippen molar-refractivity contribution in [1.82, 2.24) is 5.32 Å². The van der Waals surface area contributed by atoms with Crippen LogP contribution in [0.5, 0.6) is 5.75 Å². The minimum absolute atomic E-state index is 0.106. The van der Waals surface area contributed by atoms with E-state index in [4.69, 9.17) is 4.43 Å². The molecule has 0 spiro atoms. The van der Waals surface area contributed by atoms with Gasteiger partial charge < -0.3 is 9.74 Å². The molecule has 0 aliphatic rings. The Hall–Kier alpha value is -2.12. The Morgan fingerprint density at radius 2 is 1.77 bits per heavy atom. The van der Waals surface area contributed by atoms with E-state index in [1.54, 1.807) is 26.0 Å². The first-order valence-electron chi connectivity index (χ1n) is 10.3. The van der Waals surface area contributed by atoms with Crippen LogP contribution in [0, 0.1) is 5.92 Å². The molecule has 2 atom stereocenters. The van der Waals surface area contributed by atoms with Crippen molar-refractivity contribution in [2.45, 2.75) is 65.7 Å². The highest BCUT2D eigenvalue weighted by Crippen LogP contribution is 2.37. The molecule has 0 saturated heterocycles. The van der Waals surface area contributed by atoms with Gasteiger partial charge in [-0.25, -0.2) is 0 Å². The summed E-state index contributed by atoms with van der Waals surface area (Å²) in [6.07, 6.45) is 5.31. The molecule has 0 bridgehead atoms. The molecular weight excluding hydrogens is 426 g/mol. The monoisotopic (exact) mass is 461 g/mol. The summed E-state index contributed by atoms with van der Waals surface area (Å²) in [5, 5.41) is 2.13. The zero-order valence-corrected chi connectivity index (χ0v) is 21.7. The second-order valence-electron chi connectivity index (χ2n) is 9.31. The number of benzene rings is 1. The van der Waals surface area contributed by atoms with E-state index in [0.29, 0.717) is 5.57 Å². The Balaban J connectivity index is 2.98. The number of rotatable bonds is 9. The Labute approximate surface area is 192 Å². The maximum Gasteiger partial charge on any atom is 0.250 e. The van der Waals surface area contributed by atoms with E-state index in [-0.39, 0.29) is 16.7 Å². The molecule has 31 heavy (non-hydrogen) atoms. The number of carbonyl (C=O) groups excluding carboxylic acids is 3. The van der Waals surface area contributed by atoms with Gasteiger partial charge in [0, 0.05) is 13.0 Å². The normalized spacial score (nSPS) is 14.8. The second-order valence-corrected chi connectivity index (χ2v) is 14.5. The van der Waals surface area contributed by atoms with Gasteiger partial charge in [-0.3, -0.25) is 14.4 Å². The van der Waals surface area contributed by atoms with Crippen molar-refractivity contribution in [2.24, 2.45) is 5.92 Å². The van der Waals surface area contributed by atoms with E-state index >= 15 is 0 Å². The van der Waals surface area contributed by atoms with Crippen molar-refractivity contribution in [2.75, 3.05) is 0 Å². The average Bonchev–Trinajstić information content (AvgIpc) is 2.59. The van der Waals surface area contributed by atoms with Crippen LogP contribution in [0.3, 0.4) is 0 Å². The molecule has 0 aliphatic carbocycles. The molecule has 5 nitrogen and oxygen atoms in total. The van der Waals surface area contributed by atoms with Crippen molar-refractivity contribution in [3.63, 3.8) is 0 Å². The number of allylic oxidation sites excluding steroid dienone is 3. The minimum Gasteiger partial charge on any atom is -0.543 e. The first kappa shape index (κ1) is 26.9. The van der Waals surface area contributed by atoms with Crippen LogP contribution < -0.4 is 9.74 Å². The van der Waals surface area contributed by atoms with Crippen molar-refractivity contribution < 1.29 is 18.8 Å². The molecule has 1 N–H and O–H groups in total. The number of thiol groups is 1. The molecule has 7 heteroatoms. The van der Waals surface area contributed by atoms with Gasteiger partial charge in [0.25, 0.3) is 0 Å². The van der Waals surface area contributed by atoms with Gasteiger partial charge in [0.05, 0.1) is 0 Å². The standard InChI is InChI=1S/C24H35NO4SSi/c1-16(22(27)21(23(28)30)17(2)25-18(3)26)11-9-12-19-13-10-14-20(15-19)29-31(7,8)24(4,5)6/h9-15,17,21H,1-8H3,(H,25,26)(H,28,30)/b12-9+,16-11+/t17?,21-/m0/s1. The zero-order chi connectivity index (χ0) is 24.0. The van der Waals surface area contributed by atoms with E-state index in [0.717, 1.165) is 11.3 Å². The van der Waals surface area contributed by atoms with Crippen LogP contribution >= 0.6 is 12.6 Å². The van der Waals surface area contributed by atoms with Crippen molar-refractivity contribution in [1.29, 1.82) is 0 Å². The highest BCUT2D eigenvalue weighted by molar-refractivity contribution is 7.96. The molecule has 1 aromatic carbocycles. The van der Waals surface area contributed by atoms with Gasteiger partial charge in [-0.05, 0) is 55.2 Å². The van der Waals surface area contributed by atoms with E-state index in [9.17, 15) is 14.4 Å². The van der Waals surface area contributed by atoms with Gasteiger partial charge in [0.1, 0.15) is 11.7 Å². The number of hydrogen-bond donors (Lipinski definition) is 2. The molecule has 1 aromatic rings. The third-order valence-corrected chi connectivity index (χ3v) is 10.2. The van der Waals surface area contributed by atoms with Crippen molar-refractivity contribution in [3.8, 4) is 5.75 Å². The quantitative estimate of drug-likeness (QED) is 0.174. The average molecular weight is 462 g/mol. The van der Waals surface area contributed by atoms with Crippen LogP contribution in [0.15, 0.2) is 42.0 Å². The first-order valence-corrected chi connectivity index (χ1v) is 13.7. The molecule has 0 fully saturated rings. The zero-order valence-electron chi connectivity index (χ0n) is 19.8. The van der Waals surface area contributed by atoms with Crippen LogP contribution in [-0.4, -0.2) is 31.2 Å². The maximum absolute atomic E-state index is 12.7. The van der Waals surface area contributed by atoms with Gasteiger partial charge in [0.2, 0.25) is 14.2 Å². The summed E-state index contributed by atoms with van der Waals surface area (Å²) in [6, 6.07) is 7.19. The molecule has 1 unspecified atom stereocenters. The van der Waals surface area contributed by atoms with Crippen LogP contribution in [0.2, 0.25) is 18.1 Å². The topological polar surface area (TPSA) is 72.5 Å². The minimum atomic E-state index is -1.93. The first-order chi connectivity index (χ1) is 14.2. The predicted octanol–water partition coefficient (Wildman–Crippen LogP) is 5.20. The van der Waals surface area contributed by atoms with Crippen molar-refractivity contribution >= 4 is 43.8 Å². The number of hydrogen-bond acceptors (Lipinski definition) is 4.